The Morgan fingerprint density at radius 3 is 3.08 bits per heavy atom. The Bertz CT molecular complexity index is 494. The second-order valence-corrected chi connectivity index (χ2v) is 4.41. The van der Waals surface area contributed by atoms with Crippen molar-refractivity contribution in [2.45, 2.75) is 5.75 Å². The topological polar surface area (TPSA) is 47.0 Å². The van der Waals surface area contributed by atoms with Crippen LogP contribution in [-0.4, -0.2) is 13.4 Å². The highest BCUT2D eigenvalue weighted by atomic mass is 32.2. The van der Waals surface area contributed by atoms with Gasteiger partial charge >= 0.3 is 0 Å². The molecule has 3 nitrogen and oxygen atoms in total. The first-order valence-corrected chi connectivity index (χ1v) is 5.81. The van der Waals surface area contributed by atoms with Crippen LogP contribution in [0.1, 0.15) is 5.56 Å². The number of thiazole rings is 1. The van der Waals surface area contributed by atoms with Gasteiger partial charge in [0.15, 0.2) is 5.51 Å². The van der Waals surface area contributed by atoms with Crippen LogP contribution in [0.5, 0.6) is 0 Å². The first-order chi connectivity index (χ1) is 6.25. The van der Waals surface area contributed by atoms with Gasteiger partial charge in [0.1, 0.15) is 10.7 Å². The fourth-order valence-corrected chi connectivity index (χ4v) is 2.27. The molecule has 0 atom stereocenters. The van der Waals surface area contributed by atoms with Crippen LogP contribution < -0.4 is 0 Å². The second kappa shape index (κ2) is 3.43. The Morgan fingerprint density at radius 1 is 1.46 bits per heavy atom. The fraction of sp³-hybridized carbons (Fsp3) is 0.125. The maximum atomic E-state index is 10.5. The van der Waals surface area contributed by atoms with E-state index in [0.717, 1.165) is 15.8 Å². The Labute approximate surface area is 81.0 Å². The van der Waals surface area contributed by atoms with E-state index < -0.39 is 10.7 Å². The van der Waals surface area contributed by atoms with Crippen LogP contribution in [0.2, 0.25) is 0 Å². The third-order valence-electron chi connectivity index (χ3n) is 1.66. The van der Waals surface area contributed by atoms with Crippen LogP contribution in [0.3, 0.4) is 0 Å². The van der Waals surface area contributed by atoms with E-state index in [1.54, 1.807) is 6.07 Å². The van der Waals surface area contributed by atoms with Crippen molar-refractivity contribution in [1.29, 1.82) is 0 Å². The lowest BCUT2D eigenvalue weighted by Crippen LogP contribution is -1.85. The minimum absolute atomic E-state index is 0.100. The zero-order valence-corrected chi connectivity index (χ0v) is 8.27. The molecule has 0 unspecified atom stereocenters. The highest BCUT2D eigenvalue weighted by Gasteiger charge is 1.99. The summed E-state index contributed by atoms with van der Waals surface area (Å²) < 4.78 is 21.9. The third-order valence-corrected chi connectivity index (χ3v) is 3.01. The van der Waals surface area contributed by atoms with Crippen molar-refractivity contribution < 1.29 is 8.42 Å². The molecule has 0 spiro atoms. The molecule has 0 saturated carbocycles. The Kier molecular flexibility index (Phi) is 2.28. The number of thiol groups is 1. The fourth-order valence-electron chi connectivity index (χ4n) is 1.10. The largest absolute Gasteiger partial charge is 0.233 e. The Balaban J connectivity index is 2.48. The van der Waals surface area contributed by atoms with Gasteiger partial charge in [0.25, 0.3) is 0 Å². The van der Waals surface area contributed by atoms with Gasteiger partial charge in [0.05, 0.1) is 16.0 Å². The van der Waals surface area contributed by atoms with Gasteiger partial charge in [-0.3, -0.25) is 0 Å². The highest BCUT2D eigenvalue weighted by Crippen LogP contribution is 2.18. The number of nitrogens with zero attached hydrogens (tertiary/aromatic N) is 1. The summed E-state index contributed by atoms with van der Waals surface area (Å²) in [4.78, 5) is 3.98. The molecule has 0 bridgehead atoms. The molecule has 0 amide bonds. The summed E-state index contributed by atoms with van der Waals surface area (Å²) in [5, 5.41) is 0. The molecule has 5 heteroatoms. The van der Waals surface area contributed by atoms with Crippen molar-refractivity contribution in [3.63, 3.8) is 0 Å². The molecule has 2 aromatic rings. The first kappa shape index (κ1) is 8.65. The predicted molar refractivity (Wildman–Crippen MR) is 52.5 cm³/mol. The molecule has 0 aliphatic carbocycles. The number of benzene rings is 1. The van der Waals surface area contributed by atoms with E-state index in [9.17, 15) is 8.42 Å². The van der Waals surface area contributed by atoms with E-state index in [0.29, 0.717) is 0 Å². The van der Waals surface area contributed by atoms with Crippen molar-refractivity contribution in [3.05, 3.63) is 29.3 Å². The molecule has 0 aliphatic rings. The number of fused-ring (bicyclic) bond motifs is 1. The van der Waals surface area contributed by atoms with E-state index in [1.165, 1.54) is 11.3 Å². The molecule has 0 aliphatic heterocycles. The molecule has 67 valence electrons. The van der Waals surface area contributed by atoms with E-state index in [4.69, 9.17) is 0 Å². The summed E-state index contributed by atoms with van der Waals surface area (Å²) in [6.07, 6.45) is 0. The lowest BCUT2D eigenvalue weighted by molar-refractivity contribution is 0.614. The Morgan fingerprint density at radius 2 is 2.31 bits per heavy atom. The SMILES string of the molecule is O=[SH](=O)Cc1ccc2n[c]sc2c1. The van der Waals surface area contributed by atoms with E-state index >= 15 is 0 Å². The number of hydrogen-bond donors (Lipinski definition) is 1. The predicted octanol–water partition coefficient (Wildman–Crippen LogP) is 1.21. The van der Waals surface area contributed by atoms with Gasteiger partial charge in [0.2, 0.25) is 0 Å². The van der Waals surface area contributed by atoms with E-state index in [-0.39, 0.29) is 5.75 Å². The molecular weight excluding hydrogens is 206 g/mol. The van der Waals surface area contributed by atoms with Crippen LogP contribution in [0.15, 0.2) is 18.2 Å². The first-order valence-electron chi connectivity index (χ1n) is 3.63. The van der Waals surface area contributed by atoms with Gasteiger partial charge in [-0.15, -0.1) is 11.3 Å². The van der Waals surface area contributed by atoms with Crippen LogP contribution >= 0.6 is 11.3 Å². The summed E-state index contributed by atoms with van der Waals surface area (Å²) in [6, 6.07) is 5.44. The minimum atomic E-state index is -2.34. The van der Waals surface area contributed by atoms with E-state index in [2.05, 4.69) is 10.5 Å². The molecule has 2 rings (SSSR count). The lowest BCUT2D eigenvalue weighted by Gasteiger charge is -1.93. The molecule has 0 N–H and O–H groups in total. The quantitative estimate of drug-likeness (QED) is 0.761. The molecule has 1 aromatic carbocycles. The van der Waals surface area contributed by atoms with Gasteiger partial charge in [-0.05, 0) is 17.7 Å². The monoisotopic (exact) mass is 212 g/mol. The standard InChI is InChI=1S/C8H6NO2S2/c10-13(11)4-6-1-2-7-8(3-6)12-5-9-7/h1-3,13H,4H2. The summed E-state index contributed by atoms with van der Waals surface area (Å²) in [7, 11) is -2.34. The molecular formula is C8H6NO2S2. The van der Waals surface area contributed by atoms with Gasteiger partial charge in [-0.2, -0.15) is 0 Å². The van der Waals surface area contributed by atoms with Crippen molar-refractivity contribution in [1.82, 2.24) is 4.98 Å². The molecule has 1 radical (unpaired) electrons. The normalized spacial score (nSPS) is 11.2. The number of hydrogen-bond acceptors (Lipinski definition) is 4. The number of rotatable bonds is 2. The van der Waals surface area contributed by atoms with Gasteiger partial charge in [-0.1, -0.05) is 6.07 Å². The molecule has 13 heavy (non-hydrogen) atoms. The summed E-state index contributed by atoms with van der Waals surface area (Å²) in [6.45, 7) is 0. The van der Waals surface area contributed by atoms with Crippen LogP contribution in [0.25, 0.3) is 10.2 Å². The van der Waals surface area contributed by atoms with E-state index in [1.807, 2.05) is 12.1 Å². The van der Waals surface area contributed by atoms with Gasteiger partial charge in [0, 0.05) is 0 Å². The van der Waals surface area contributed by atoms with Crippen molar-refractivity contribution in [2.24, 2.45) is 0 Å². The summed E-state index contributed by atoms with van der Waals surface area (Å²) >= 11 is 1.40. The Hall–Kier alpha value is -0.940. The molecule has 0 saturated heterocycles. The number of aromatic nitrogens is 1. The van der Waals surface area contributed by atoms with Gasteiger partial charge in [-0.25, -0.2) is 13.4 Å². The zero-order valence-electron chi connectivity index (χ0n) is 6.56. The molecule has 1 aromatic heterocycles. The maximum Gasteiger partial charge on any atom is 0.153 e. The minimum Gasteiger partial charge on any atom is -0.233 e. The van der Waals surface area contributed by atoms with Crippen molar-refractivity contribution in [2.75, 3.05) is 0 Å². The second-order valence-electron chi connectivity index (χ2n) is 2.60. The maximum absolute atomic E-state index is 10.5. The smallest absolute Gasteiger partial charge is 0.153 e. The average Bonchev–Trinajstić information content (AvgIpc) is 2.49. The highest BCUT2D eigenvalue weighted by molar-refractivity contribution is 7.71. The van der Waals surface area contributed by atoms with Crippen molar-refractivity contribution in [3.8, 4) is 0 Å². The van der Waals surface area contributed by atoms with Crippen LogP contribution in [0, 0.1) is 5.51 Å². The third kappa shape index (κ3) is 1.87. The molecule has 1 heterocycles. The zero-order chi connectivity index (χ0) is 9.26. The summed E-state index contributed by atoms with van der Waals surface area (Å²) in [5.74, 6) is 0.100. The van der Waals surface area contributed by atoms with Gasteiger partial charge < -0.3 is 0 Å². The average molecular weight is 212 g/mol. The van der Waals surface area contributed by atoms with Crippen LogP contribution in [-0.2, 0) is 16.5 Å². The summed E-state index contributed by atoms with van der Waals surface area (Å²) in [5.41, 5.74) is 4.44. The van der Waals surface area contributed by atoms with Crippen LogP contribution in [0.4, 0.5) is 0 Å². The molecule has 0 fully saturated rings. The van der Waals surface area contributed by atoms with Crippen molar-refractivity contribution >= 4 is 32.3 Å². The lowest BCUT2D eigenvalue weighted by atomic mass is 10.2.